The van der Waals surface area contributed by atoms with Gasteiger partial charge in [0.1, 0.15) is 12.4 Å². The van der Waals surface area contributed by atoms with Gasteiger partial charge in [0, 0.05) is 5.57 Å². The van der Waals surface area contributed by atoms with E-state index in [-0.39, 0.29) is 0 Å². The fourth-order valence-electron chi connectivity index (χ4n) is 1.37. The van der Waals surface area contributed by atoms with Gasteiger partial charge in [0.15, 0.2) is 0 Å². The first-order valence-electron chi connectivity index (χ1n) is 4.10. The highest BCUT2D eigenvalue weighted by molar-refractivity contribution is 5.56. The zero-order chi connectivity index (χ0) is 10.0. The van der Waals surface area contributed by atoms with Crippen LogP contribution in [0.4, 0.5) is 0 Å². The van der Waals surface area contributed by atoms with Gasteiger partial charge in [-0.1, -0.05) is 32.4 Å². The summed E-state index contributed by atoms with van der Waals surface area (Å²) in [5, 5.41) is 0. The second-order valence-corrected chi connectivity index (χ2v) is 3.09. The Labute approximate surface area is 79.4 Å². The molecular formula is C12H14O. The summed E-state index contributed by atoms with van der Waals surface area (Å²) >= 11 is 0. The molecule has 0 saturated heterocycles. The van der Waals surface area contributed by atoms with E-state index >= 15 is 0 Å². The first kappa shape index (κ1) is 9.59. The highest BCUT2D eigenvalue weighted by atomic mass is 16.5. The van der Waals surface area contributed by atoms with Crippen LogP contribution < -0.4 is 0 Å². The number of hydrogen-bond donors (Lipinski definition) is 0. The van der Waals surface area contributed by atoms with Crippen LogP contribution in [0.2, 0.25) is 0 Å². The molecule has 0 amide bonds. The maximum absolute atomic E-state index is 5.34. The van der Waals surface area contributed by atoms with Crippen LogP contribution in [0, 0.1) is 0 Å². The Morgan fingerprint density at radius 2 is 2.08 bits per heavy atom. The third kappa shape index (κ3) is 1.64. The first-order chi connectivity index (χ1) is 6.07. The Morgan fingerprint density at radius 3 is 2.46 bits per heavy atom. The Balaban J connectivity index is 3.30. The van der Waals surface area contributed by atoms with Gasteiger partial charge in [0.25, 0.3) is 0 Å². The van der Waals surface area contributed by atoms with Crippen LogP contribution in [0.3, 0.4) is 0 Å². The van der Waals surface area contributed by atoms with E-state index in [0.717, 1.165) is 22.3 Å². The van der Waals surface area contributed by atoms with Crippen molar-refractivity contribution in [3.05, 3.63) is 60.4 Å². The minimum absolute atomic E-state index is 0.497. The van der Waals surface area contributed by atoms with E-state index in [1.165, 1.54) is 0 Å². The lowest BCUT2D eigenvalue weighted by Gasteiger charge is -2.23. The van der Waals surface area contributed by atoms with Crippen molar-refractivity contribution >= 4 is 0 Å². The normalized spacial score (nSPS) is 17.0. The maximum Gasteiger partial charge on any atom is 0.120 e. The van der Waals surface area contributed by atoms with E-state index < -0.39 is 0 Å². The van der Waals surface area contributed by atoms with Crippen molar-refractivity contribution < 1.29 is 4.74 Å². The monoisotopic (exact) mass is 174 g/mol. The van der Waals surface area contributed by atoms with Crippen LogP contribution in [0.25, 0.3) is 0 Å². The van der Waals surface area contributed by atoms with Gasteiger partial charge >= 0.3 is 0 Å². The van der Waals surface area contributed by atoms with Gasteiger partial charge in [-0.15, -0.1) is 0 Å². The van der Waals surface area contributed by atoms with Gasteiger partial charge in [-0.3, -0.25) is 0 Å². The fourth-order valence-corrected chi connectivity index (χ4v) is 1.37. The van der Waals surface area contributed by atoms with Crippen LogP contribution in [-0.4, -0.2) is 6.61 Å². The molecule has 0 fully saturated rings. The molecule has 0 bridgehead atoms. The fraction of sp³-hybridized carbons (Fsp3) is 0.167. The molecule has 1 aliphatic heterocycles. The molecule has 1 rings (SSSR count). The van der Waals surface area contributed by atoms with Crippen LogP contribution in [0.1, 0.15) is 6.92 Å². The van der Waals surface area contributed by atoms with Crippen LogP contribution in [0.5, 0.6) is 0 Å². The topological polar surface area (TPSA) is 9.23 Å². The molecule has 13 heavy (non-hydrogen) atoms. The molecule has 0 aromatic carbocycles. The molecule has 0 N–H and O–H groups in total. The predicted molar refractivity (Wildman–Crippen MR) is 56.3 cm³/mol. The summed E-state index contributed by atoms with van der Waals surface area (Å²) < 4.78 is 5.34. The zero-order valence-corrected chi connectivity index (χ0v) is 8.02. The van der Waals surface area contributed by atoms with E-state index in [1.54, 1.807) is 6.08 Å². The maximum atomic E-state index is 5.34. The van der Waals surface area contributed by atoms with Crippen LogP contribution in [0.15, 0.2) is 60.4 Å². The van der Waals surface area contributed by atoms with Crippen LogP contribution in [-0.2, 0) is 4.74 Å². The second kappa shape index (κ2) is 3.48. The molecule has 1 heteroatoms. The van der Waals surface area contributed by atoms with E-state index in [9.17, 15) is 0 Å². The Kier molecular flexibility index (Phi) is 2.57. The molecule has 1 aliphatic rings. The minimum atomic E-state index is 0.497. The van der Waals surface area contributed by atoms with Crippen molar-refractivity contribution in [1.29, 1.82) is 0 Å². The number of allylic oxidation sites excluding steroid dienone is 2. The van der Waals surface area contributed by atoms with Gasteiger partial charge in [-0.25, -0.2) is 0 Å². The lowest BCUT2D eigenvalue weighted by molar-refractivity contribution is 0.245. The Morgan fingerprint density at radius 1 is 1.46 bits per heavy atom. The van der Waals surface area contributed by atoms with E-state index in [2.05, 4.69) is 26.3 Å². The SMILES string of the molecule is C=CC1=C(C(=C)C)C(=C)OCC1=C. The standard InChI is InChI=1S/C12H14O/c1-6-11-9(4)7-13-10(5)12(11)8(2)3/h6H,1-2,4-5,7H2,3H3. The van der Waals surface area contributed by atoms with Gasteiger partial charge < -0.3 is 4.74 Å². The summed E-state index contributed by atoms with van der Waals surface area (Å²) in [5.41, 5.74) is 3.80. The molecule has 1 nitrogen and oxygen atoms in total. The molecule has 0 unspecified atom stereocenters. The molecule has 0 aromatic heterocycles. The summed E-state index contributed by atoms with van der Waals surface area (Å²) in [6.07, 6.45) is 1.78. The van der Waals surface area contributed by atoms with E-state index in [0.29, 0.717) is 12.4 Å². The molecule has 0 radical (unpaired) electrons. The smallest absolute Gasteiger partial charge is 0.120 e. The molecular weight excluding hydrogens is 160 g/mol. The summed E-state index contributed by atoms with van der Waals surface area (Å²) in [6, 6.07) is 0. The number of hydrogen-bond acceptors (Lipinski definition) is 1. The van der Waals surface area contributed by atoms with E-state index in [4.69, 9.17) is 4.74 Å². The van der Waals surface area contributed by atoms with Gasteiger partial charge in [0.05, 0.1) is 0 Å². The van der Waals surface area contributed by atoms with Gasteiger partial charge in [-0.2, -0.15) is 0 Å². The average molecular weight is 174 g/mol. The van der Waals surface area contributed by atoms with Crippen molar-refractivity contribution in [2.75, 3.05) is 6.61 Å². The van der Waals surface area contributed by atoms with Crippen LogP contribution >= 0.6 is 0 Å². The molecule has 0 spiro atoms. The Bertz CT molecular complexity index is 329. The summed E-state index contributed by atoms with van der Waals surface area (Å²) in [5.74, 6) is 0.662. The van der Waals surface area contributed by atoms with Crippen molar-refractivity contribution in [1.82, 2.24) is 0 Å². The van der Waals surface area contributed by atoms with Crippen molar-refractivity contribution in [3.8, 4) is 0 Å². The molecule has 68 valence electrons. The molecule has 0 aromatic rings. The third-order valence-corrected chi connectivity index (χ3v) is 1.98. The largest absolute Gasteiger partial charge is 0.489 e. The van der Waals surface area contributed by atoms with Gasteiger partial charge in [0.2, 0.25) is 0 Å². The average Bonchev–Trinajstić information content (AvgIpc) is 2.07. The number of rotatable bonds is 2. The summed E-state index contributed by atoms with van der Waals surface area (Å²) in [7, 11) is 0. The number of ether oxygens (including phenoxy) is 1. The van der Waals surface area contributed by atoms with Gasteiger partial charge in [-0.05, 0) is 23.6 Å². The molecule has 0 atom stereocenters. The zero-order valence-electron chi connectivity index (χ0n) is 8.02. The highest BCUT2D eigenvalue weighted by Gasteiger charge is 2.18. The lowest BCUT2D eigenvalue weighted by Crippen LogP contribution is -2.10. The quantitative estimate of drug-likeness (QED) is 0.625. The Hall–Kier alpha value is -1.50. The predicted octanol–water partition coefficient (Wildman–Crippen LogP) is 3.15. The third-order valence-electron chi connectivity index (χ3n) is 1.98. The summed E-state index contributed by atoms with van der Waals surface area (Å²) in [6.45, 7) is 17.8. The van der Waals surface area contributed by atoms with E-state index in [1.807, 2.05) is 6.92 Å². The first-order valence-corrected chi connectivity index (χ1v) is 4.10. The minimum Gasteiger partial charge on any atom is -0.489 e. The summed E-state index contributed by atoms with van der Waals surface area (Å²) in [4.78, 5) is 0. The van der Waals surface area contributed by atoms with Crippen molar-refractivity contribution in [3.63, 3.8) is 0 Å². The lowest BCUT2D eigenvalue weighted by atomic mass is 9.94. The van der Waals surface area contributed by atoms with Crippen molar-refractivity contribution in [2.45, 2.75) is 6.92 Å². The second-order valence-electron chi connectivity index (χ2n) is 3.09. The van der Waals surface area contributed by atoms with Crippen molar-refractivity contribution in [2.24, 2.45) is 0 Å². The molecule has 0 saturated carbocycles. The highest BCUT2D eigenvalue weighted by Crippen LogP contribution is 2.31. The molecule has 0 aliphatic carbocycles. The molecule has 1 heterocycles.